The Kier molecular flexibility index (Phi) is 7.82. The number of fused-ring (bicyclic) bond motifs is 6. The normalized spacial score (nSPS) is 11.5. The van der Waals surface area contributed by atoms with Gasteiger partial charge in [-0.15, -0.1) is 0 Å². The summed E-state index contributed by atoms with van der Waals surface area (Å²) in [6.07, 6.45) is 0. The highest BCUT2D eigenvalue weighted by molar-refractivity contribution is 6.12. The fourth-order valence-corrected chi connectivity index (χ4v) is 8.46. The van der Waals surface area contributed by atoms with E-state index in [1.165, 1.54) is 44.1 Å². The van der Waals surface area contributed by atoms with E-state index in [9.17, 15) is 0 Å². The fourth-order valence-electron chi connectivity index (χ4n) is 8.46. The highest BCUT2D eigenvalue weighted by Crippen LogP contribution is 2.44. The molecule has 3 nitrogen and oxygen atoms in total. The predicted molar refractivity (Wildman–Crippen MR) is 239 cm³/mol. The number of para-hydroxylation sites is 3. The van der Waals surface area contributed by atoms with Gasteiger partial charge < -0.3 is 13.9 Å². The van der Waals surface area contributed by atoms with Gasteiger partial charge in [-0.2, -0.15) is 0 Å². The molecule has 0 spiro atoms. The van der Waals surface area contributed by atoms with Crippen molar-refractivity contribution < 1.29 is 4.42 Å². The van der Waals surface area contributed by atoms with Gasteiger partial charge in [0.2, 0.25) is 0 Å². The van der Waals surface area contributed by atoms with Crippen molar-refractivity contribution in [3.05, 3.63) is 218 Å². The Morgan fingerprint density at radius 2 is 0.789 bits per heavy atom. The number of hydrogen-bond donors (Lipinski definition) is 0. The molecule has 0 atom stereocenters. The summed E-state index contributed by atoms with van der Waals surface area (Å²) >= 11 is 0. The maximum atomic E-state index is 6.71. The molecular weight excluding hydrogens is 693 g/mol. The molecule has 11 rings (SSSR count). The molecule has 0 unspecified atom stereocenters. The zero-order valence-corrected chi connectivity index (χ0v) is 31.1. The average Bonchev–Trinajstić information content (AvgIpc) is 3.83. The number of nitrogens with zero attached hydrogens (tertiary/aromatic N) is 2. The zero-order valence-electron chi connectivity index (χ0n) is 31.1. The quantitative estimate of drug-likeness (QED) is 0.163. The van der Waals surface area contributed by atoms with Gasteiger partial charge in [0.15, 0.2) is 0 Å². The number of hydrogen-bond acceptors (Lipinski definition) is 2. The smallest absolute Gasteiger partial charge is 0.143 e. The molecule has 0 saturated heterocycles. The van der Waals surface area contributed by atoms with Crippen LogP contribution in [0.15, 0.2) is 223 Å². The third-order valence-corrected chi connectivity index (χ3v) is 11.2. The lowest BCUT2D eigenvalue weighted by atomic mass is 9.99. The van der Waals surface area contributed by atoms with Crippen LogP contribution in [0.2, 0.25) is 0 Å². The first kappa shape index (κ1) is 32.8. The summed E-state index contributed by atoms with van der Waals surface area (Å²) in [7, 11) is 0. The van der Waals surface area contributed by atoms with Gasteiger partial charge in [-0.25, -0.2) is 0 Å². The maximum absolute atomic E-state index is 6.71. The van der Waals surface area contributed by atoms with Crippen LogP contribution in [0.5, 0.6) is 0 Å². The molecule has 2 aromatic heterocycles. The van der Waals surface area contributed by atoms with E-state index in [0.29, 0.717) is 0 Å². The van der Waals surface area contributed by atoms with E-state index in [0.717, 1.165) is 55.8 Å². The number of furan rings is 1. The number of aromatic nitrogens is 1. The summed E-state index contributed by atoms with van der Waals surface area (Å²) in [6.45, 7) is 0. The van der Waals surface area contributed by atoms with E-state index < -0.39 is 0 Å². The molecule has 0 bridgehead atoms. The van der Waals surface area contributed by atoms with Gasteiger partial charge in [0.25, 0.3) is 0 Å². The van der Waals surface area contributed by atoms with Crippen LogP contribution >= 0.6 is 0 Å². The third-order valence-electron chi connectivity index (χ3n) is 11.2. The Hall–Kier alpha value is -7.62. The summed E-state index contributed by atoms with van der Waals surface area (Å²) in [5.41, 5.74) is 15.3. The maximum Gasteiger partial charge on any atom is 0.143 e. The Bertz CT molecular complexity index is 3060. The Morgan fingerprint density at radius 1 is 0.333 bits per heavy atom. The molecule has 9 aromatic carbocycles. The van der Waals surface area contributed by atoms with Crippen LogP contribution in [-0.2, 0) is 0 Å². The first-order valence-corrected chi connectivity index (χ1v) is 19.4. The topological polar surface area (TPSA) is 21.3 Å². The van der Waals surface area contributed by atoms with Crippen molar-refractivity contribution in [2.24, 2.45) is 0 Å². The van der Waals surface area contributed by atoms with Crippen molar-refractivity contribution in [3.8, 4) is 39.1 Å². The predicted octanol–water partition coefficient (Wildman–Crippen LogP) is 15.2. The van der Waals surface area contributed by atoms with Crippen LogP contribution in [0, 0.1) is 0 Å². The molecule has 0 aliphatic rings. The minimum Gasteiger partial charge on any atom is -0.455 e. The van der Waals surface area contributed by atoms with Crippen molar-refractivity contribution in [1.29, 1.82) is 0 Å². The molecule has 268 valence electrons. The minimum absolute atomic E-state index is 0.874. The van der Waals surface area contributed by atoms with Gasteiger partial charge in [0.1, 0.15) is 11.2 Å². The molecule has 0 amide bonds. The van der Waals surface area contributed by atoms with E-state index in [4.69, 9.17) is 4.42 Å². The van der Waals surface area contributed by atoms with E-state index in [-0.39, 0.29) is 0 Å². The summed E-state index contributed by atoms with van der Waals surface area (Å²) < 4.78 is 9.07. The van der Waals surface area contributed by atoms with Crippen molar-refractivity contribution in [2.45, 2.75) is 0 Å². The molecule has 57 heavy (non-hydrogen) atoms. The lowest BCUT2D eigenvalue weighted by Gasteiger charge is -2.27. The molecule has 2 heterocycles. The molecule has 0 aliphatic heterocycles. The van der Waals surface area contributed by atoms with Crippen molar-refractivity contribution >= 4 is 60.8 Å². The second-order valence-electron chi connectivity index (χ2n) is 14.5. The SMILES string of the molecule is c1ccc(-c2ccc(N(c3ccc(-c4ccccc4)cc3)c3cc(-c4ccc(-n5c6ccccc6c6ccccc65)cc4)c4oc5ccccc5c4c3)cc2)cc1. The summed E-state index contributed by atoms with van der Waals surface area (Å²) in [5, 5.41) is 4.68. The van der Waals surface area contributed by atoms with Crippen LogP contribution in [0.25, 0.3) is 82.8 Å². The van der Waals surface area contributed by atoms with Crippen LogP contribution in [-0.4, -0.2) is 4.57 Å². The van der Waals surface area contributed by atoms with E-state index in [1.807, 2.05) is 6.07 Å². The molecular formula is C54H36N2O. The zero-order chi connectivity index (χ0) is 37.7. The average molecular weight is 729 g/mol. The monoisotopic (exact) mass is 728 g/mol. The highest BCUT2D eigenvalue weighted by Gasteiger charge is 2.20. The molecule has 0 aliphatic carbocycles. The number of rotatable bonds is 7. The van der Waals surface area contributed by atoms with E-state index in [1.54, 1.807) is 0 Å². The fraction of sp³-hybridized carbons (Fsp3) is 0. The van der Waals surface area contributed by atoms with Gasteiger partial charge in [0, 0.05) is 49.9 Å². The largest absolute Gasteiger partial charge is 0.455 e. The van der Waals surface area contributed by atoms with Crippen LogP contribution in [0.1, 0.15) is 0 Å². The first-order valence-electron chi connectivity index (χ1n) is 19.4. The van der Waals surface area contributed by atoms with Gasteiger partial charge in [-0.1, -0.05) is 152 Å². The highest BCUT2D eigenvalue weighted by atomic mass is 16.3. The van der Waals surface area contributed by atoms with E-state index in [2.05, 4.69) is 222 Å². The van der Waals surface area contributed by atoms with Gasteiger partial charge >= 0.3 is 0 Å². The molecule has 0 fully saturated rings. The molecule has 0 N–H and O–H groups in total. The van der Waals surface area contributed by atoms with E-state index >= 15 is 0 Å². The first-order chi connectivity index (χ1) is 28.3. The van der Waals surface area contributed by atoms with Gasteiger partial charge in [-0.05, 0) is 94.5 Å². The molecule has 0 radical (unpaired) electrons. The summed E-state index contributed by atoms with van der Waals surface area (Å²) in [5.74, 6) is 0. The Balaban J connectivity index is 1.09. The summed E-state index contributed by atoms with van der Waals surface area (Å²) in [6, 6.07) is 78.1. The Morgan fingerprint density at radius 3 is 1.35 bits per heavy atom. The molecule has 0 saturated carbocycles. The standard InChI is InChI=1S/C54H36N2O/c1-3-13-37(14-4-1)39-23-29-42(30-24-39)55(43-31-25-40(26-32-43)38-15-5-2-6-16-38)45-35-49(54-50(36-45)48-19-9-12-22-53(48)57-54)41-27-33-44(34-28-41)56-51-20-10-7-17-46(51)47-18-8-11-21-52(47)56/h1-36H. The van der Waals surface area contributed by atoms with Crippen molar-refractivity contribution in [3.63, 3.8) is 0 Å². The lowest BCUT2D eigenvalue weighted by Crippen LogP contribution is -2.10. The van der Waals surface area contributed by atoms with Gasteiger partial charge in [0.05, 0.1) is 11.0 Å². The second kappa shape index (κ2) is 13.6. The van der Waals surface area contributed by atoms with Crippen molar-refractivity contribution in [2.75, 3.05) is 4.90 Å². The lowest BCUT2D eigenvalue weighted by molar-refractivity contribution is 0.670. The van der Waals surface area contributed by atoms with Crippen LogP contribution in [0.4, 0.5) is 17.1 Å². The van der Waals surface area contributed by atoms with Crippen molar-refractivity contribution in [1.82, 2.24) is 4.57 Å². The Labute approximate surface area is 330 Å². The van der Waals surface area contributed by atoms with Gasteiger partial charge in [-0.3, -0.25) is 0 Å². The molecule has 3 heteroatoms. The minimum atomic E-state index is 0.874. The molecule has 11 aromatic rings. The van der Waals surface area contributed by atoms with Crippen LogP contribution in [0.3, 0.4) is 0 Å². The van der Waals surface area contributed by atoms with Crippen LogP contribution < -0.4 is 4.90 Å². The third kappa shape index (κ3) is 5.68. The number of anilines is 3. The summed E-state index contributed by atoms with van der Waals surface area (Å²) in [4.78, 5) is 2.36. The number of benzene rings is 9. The second-order valence-corrected chi connectivity index (χ2v) is 14.5.